The zero-order chi connectivity index (χ0) is 5.41. The lowest BCUT2D eigenvalue weighted by Crippen LogP contribution is -1.29. The molecule has 0 rings (SSSR count). The second-order valence-electron chi connectivity index (χ2n) is 0.224. The molecule has 0 aliphatic rings. The van der Waals surface area contributed by atoms with Crippen LogP contribution < -0.4 is 0 Å². The molecule has 0 atom stereocenters. The van der Waals surface area contributed by atoms with E-state index < -0.39 is 0 Å². The van der Waals surface area contributed by atoms with Gasteiger partial charge in [0.25, 0.3) is 0 Å². The average molecular weight is 86.0 g/mol. The van der Waals surface area contributed by atoms with Crippen LogP contribution in [0, 0.1) is 22.7 Å². The quantitative estimate of drug-likeness (QED) is 0.322. The summed E-state index contributed by atoms with van der Waals surface area (Å²) in [6.07, 6.45) is 0. The zero-order valence-corrected chi connectivity index (χ0v) is 2.79. The Labute approximate surface area is 34.4 Å². The van der Waals surface area contributed by atoms with E-state index in [1.807, 2.05) is 0 Å². The second-order valence-corrected chi connectivity index (χ2v) is 0.224. The summed E-state index contributed by atoms with van der Waals surface area (Å²) in [6.45, 7) is 0. The van der Waals surface area contributed by atoms with Crippen LogP contribution >= 0.6 is 0 Å². The van der Waals surface area contributed by atoms with E-state index in [4.69, 9.17) is 21.0 Å². The van der Waals surface area contributed by atoms with Crippen molar-refractivity contribution in [1.82, 2.24) is 0 Å². The highest BCUT2D eigenvalue weighted by Gasteiger charge is 1.39. The van der Waals surface area contributed by atoms with Gasteiger partial charge in [0.1, 0.15) is 0 Å². The molecular weight excluding hydrogens is 84.0 g/mol. The van der Waals surface area contributed by atoms with E-state index in [-0.39, 0.29) is 0 Å². The van der Waals surface area contributed by atoms with Crippen molar-refractivity contribution in [1.29, 1.82) is 10.5 Å². The van der Waals surface area contributed by atoms with Gasteiger partial charge >= 0.3 is 0 Å². The molecule has 0 aromatic heterocycles. The van der Waals surface area contributed by atoms with Crippen molar-refractivity contribution in [3.05, 3.63) is 0 Å². The molecular formula is C2H2N2O2. The van der Waals surface area contributed by atoms with Crippen LogP contribution in [0.2, 0.25) is 0 Å². The highest BCUT2D eigenvalue weighted by Crippen LogP contribution is 1.27. The van der Waals surface area contributed by atoms with Crippen LogP contribution in [0.15, 0.2) is 0 Å². The maximum atomic E-state index is 7.26. The Kier molecular flexibility index (Phi) is 59.8. The van der Waals surface area contributed by atoms with Gasteiger partial charge in [-0.05, 0) is 0 Å². The molecule has 0 amide bonds. The lowest BCUT2D eigenvalue weighted by Gasteiger charge is -1.25. The van der Waals surface area contributed by atoms with Crippen molar-refractivity contribution in [3.63, 3.8) is 0 Å². The Morgan fingerprint density at radius 3 is 1.17 bits per heavy atom. The molecule has 4 heteroatoms. The van der Waals surface area contributed by atoms with Crippen LogP contribution in [0.1, 0.15) is 0 Å². The standard InChI is InChI=1S/C2N2.H2O2/c3-1-2-4;1-2/h;1-2H. The molecule has 0 spiro atoms. The average Bonchev–Trinajstić information content (AvgIpc) is 1.72. The molecule has 0 fully saturated rings. The van der Waals surface area contributed by atoms with Crippen molar-refractivity contribution in [3.8, 4) is 12.1 Å². The van der Waals surface area contributed by atoms with Gasteiger partial charge in [-0.15, -0.1) is 0 Å². The van der Waals surface area contributed by atoms with E-state index in [1.54, 1.807) is 0 Å². The highest BCUT2D eigenvalue weighted by molar-refractivity contribution is 4.99. The summed E-state index contributed by atoms with van der Waals surface area (Å²) < 4.78 is 0. The van der Waals surface area contributed by atoms with Crippen LogP contribution in [0.25, 0.3) is 0 Å². The Balaban J connectivity index is 0. The maximum absolute atomic E-state index is 7.26. The third-order valence-electron chi connectivity index (χ3n) is 0.0500. The summed E-state index contributed by atoms with van der Waals surface area (Å²) in [5, 5.41) is 26.5. The molecule has 0 saturated carbocycles. The topological polar surface area (TPSA) is 88.0 Å². The lowest BCUT2D eigenvalue weighted by molar-refractivity contribution is -0.176. The smallest absolute Gasteiger partial charge is 0.181 e. The van der Waals surface area contributed by atoms with Crippen LogP contribution in [0.4, 0.5) is 0 Å². The minimum absolute atomic E-state index is 1.24. The van der Waals surface area contributed by atoms with Gasteiger partial charge < -0.3 is 0 Å². The van der Waals surface area contributed by atoms with Crippen LogP contribution in [0.3, 0.4) is 0 Å². The molecule has 0 aromatic carbocycles. The number of nitriles is 2. The minimum Gasteiger partial charge on any atom is -0.255 e. The van der Waals surface area contributed by atoms with E-state index in [0.29, 0.717) is 0 Å². The summed E-state index contributed by atoms with van der Waals surface area (Å²) in [7, 11) is 0. The number of nitrogens with zero attached hydrogens (tertiary/aromatic N) is 2. The summed E-state index contributed by atoms with van der Waals surface area (Å²) in [4.78, 5) is 0. The Morgan fingerprint density at radius 2 is 1.17 bits per heavy atom. The highest BCUT2D eigenvalue weighted by atomic mass is 17.0. The predicted molar refractivity (Wildman–Crippen MR) is 16.5 cm³/mol. The zero-order valence-electron chi connectivity index (χ0n) is 2.79. The Morgan fingerprint density at radius 1 is 1.00 bits per heavy atom. The van der Waals surface area contributed by atoms with Gasteiger partial charge in [0, 0.05) is 0 Å². The predicted octanol–water partition coefficient (Wildman–Crippen LogP) is 0.0510. The van der Waals surface area contributed by atoms with Gasteiger partial charge in [-0.25, -0.2) is 0 Å². The molecule has 0 aliphatic carbocycles. The fourth-order valence-electron chi connectivity index (χ4n) is 0. The maximum Gasteiger partial charge on any atom is 0.181 e. The van der Waals surface area contributed by atoms with Crippen molar-refractivity contribution < 1.29 is 10.5 Å². The molecule has 0 radical (unpaired) electrons. The van der Waals surface area contributed by atoms with Crippen molar-refractivity contribution >= 4 is 0 Å². The third kappa shape index (κ3) is 1050. The van der Waals surface area contributed by atoms with E-state index in [1.165, 1.54) is 12.1 Å². The summed E-state index contributed by atoms with van der Waals surface area (Å²) >= 11 is 0. The van der Waals surface area contributed by atoms with E-state index in [0.717, 1.165) is 0 Å². The Hall–Kier alpha value is -1.10. The van der Waals surface area contributed by atoms with Gasteiger partial charge in [0.2, 0.25) is 0 Å². The van der Waals surface area contributed by atoms with Crippen LogP contribution in [-0.2, 0) is 0 Å². The van der Waals surface area contributed by atoms with E-state index in [9.17, 15) is 0 Å². The SMILES string of the molecule is N#CC#N.OO. The number of hydrogen-bond donors (Lipinski definition) is 2. The molecule has 32 valence electrons. The lowest BCUT2D eigenvalue weighted by atomic mass is 10.9. The fourth-order valence-corrected chi connectivity index (χ4v) is 0. The first-order valence-corrected chi connectivity index (χ1v) is 0.897. The summed E-state index contributed by atoms with van der Waals surface area (Å²) in [6, 6.07) is 2.47. The largest absolute Gasteiger partial charge is 0.255 e. The molecule has 0 saturated heterocycles. The summed E-state index contributed by atoms with van der Waals surface area (Å²) in [5.41, 5.74) is 0. The van der Waals surface area contributed by atoms with Crippen molar-refractivity contribution in [2.75, 3.05) is 0 Å². The van der Waals surface area contributed by atoms with Crippen molar-refractivity contribution in [2.24, 2.45) is 0 Å². The Bertz CT molecular complexity index is 64.5. The van der Waals surface area contributed by atoms with Gasteiger partial charge in [0.15, 0.2) is 12.1 Å². The summed E-state index contributed by atoms with van der Waals surface area (Å²) in [5.74, 6) is 0. The number of hydrogen-bond acceptors (Lipinski definition) is 4. The number of rotatable bonds is 0. The normalized spacial score (nSPS) is 2.67. The van der Waals surface area contributed by atoms with Gasteiger partial charge in [-0.1, -0.05) is 0 Å². The van der Waals surface area contributed by atoms with Gasteiger partial charge in [0.05, 0.1) is 0 Å². The van der Waals surface area contributed by atoms with Crippen molar-refractivity contribution in [2.45, 2.75) is 0 Å². The fraction of sp³-hybridized carbons (Fsp3) is 0. The first-order chi connectivity index (χ1) is 2.91. The molecule has 6 heavy (non-hydrogen) atoms. The first kappa shape index (κ1) is 8.86. The molecule has 2 N–H and O–H groups in total. The molecule has 0 aromatic rings. The van der Waals surface area contributed by atoms with Crippen LogP contribution in [-0.4, -0.2) is 10.5 Å². The molecule has 0 unspecified atom stereocenters. The minimum atomic E-state index is 1.24. The molecule has 0 bridgehead atoms. The first-order valence-electron chi connectivity index (χ1n) is 0.897. The third-order valence-corrected chi connectivity index (χ3v) is 0.0500. The molecule has 4 nitrogen and oxygen atoms in total. The second kappa shape index (κ2) is 40.5. The van der Waals surface area contributed by atoms with Gasteiger partial charge in [-0.2, -0.15) is 10.5 Å². The van der Waals surface area contributed by atoms with E-state index in [2.05, 4.69) is 0 Å². The molecule has 0 heterocycles. The van der Waals surface area contributed by atoms with Crippen LogP contribution in [0.5, 0.6) is 0 Å². The monoisotopic (exact) mass is 86.0 g/mol. The molecule has 0 aliphatic heterocycles. The van der Waals surface area contributed by atoms with Gasteiger partial charge in [-0.3, -0.25) is 10.5 Å². The van der Waals surface area contributed by atoms with E-state index >= 15 is 0 Å².